The Bertz CT molecular complexity index is 181. The van der Waals surface area contributed by atoms with Gasteiger partial charge in [0, 0.05) is 0 Å². The lowest BCUT2D eigenvalue weighted by Gasteiger charge is -1.98. The molecule has 0 spiro atoms. The van der Waals surface area contributed by atoms with Crippen LogP contribution in [0.2, 0.25) is 0 Å². The monoisotopic (exact) mass is 236 g/mol. The van der Waals surface area contributed by atoms with Gasteiger partial charge >= 0.3 is 0 Å². The third-order valence-electron chi connectivity index (χ3n) is 0.814. The first-order valence-electron chi connectivity index (χ1n) is 3.40. The smallest absolute Gasteiger partial charge is 0.0614 e. The largest absolute Gasteiger partial charge is 0.135 e. The molecule has 68 valence electrons. The zero-order chi connectivity index (χ0) is 9.40. The zero-order valence-corrected chi connectivity index (χ0v) is 10.4. The van der Waals surface area contributed by atoms with Gasteiger partial charge in [-0.1, -0.05) is 35.7 Å². The van der Waals surface area contributed by atoms with Crippen molar-refractivity contribution in [3.05, 3.63) is 31.4 Å². The van der Waals surface area contributed by atoms with Crippen LogP contribution in [0.25, 0.3) is 0 Å². The molecule has 0 atom stereocenters. The number of thioether (sulfide) groups is 2. The molecule has 0 aliphatic rings. The Kier molecular flexibility index (Phi) is 8.65. The number of hydrogen-bond donors (Lipinski definition) is 2. The minimum Gasteiger partial charge on any atom is -0.135 e. The van der Waals surface area contributed by atoms with Crippen molar-refractivity contribution in [3.63, 3.8) is 0 Å². The maximum absolute atomic E-state index is 4.29. The normalized spacial score (nSPS) is 14.3. The highest BCUT2D eigenvalue weighted by Crippen LogP contribution is 2.33. The van der Waals surface area contributed by atoms with Crippen LogP contribution in [0, 0.1) is 0 Å². The van der Waals surface area contributed by atoms with Crippen LogP contribution in [0.1, 0.15) is 13.8 Å². The first kappa shape index (κ1) is 12.6. The summed E-state index contributed by atoms with van der Waals surface area (Å²) in [6.07, 6.45) is 3.95. The van der Waals surface area contributed by atoms with Crippen LogP contribution < -0.4 is 0 Å². The summed E-state index contributed by atoms with van der Waals surface area (Å²) in [6.45, 7) is 3.96. The van der Waals surface area contributed by atoms with Gasteiger partial charge in [0.05, 0.1) is 8.47 Å². The number of allylic oxidation sites excluding steroid dienone is 2. The molecule has 0 bridgehead atoms. The summed E-state index contributed by atoms with van der Waals surface area (Å²) in [5, 5.41) is 3.96. The maximum Gasteiger partial charge on any atom is 0.0614 e. The van der Waals surface area contributed by atoms with E-state index in [1.54, 1.807) is 23.5 Å². The van der Waals surface area contributed by atoms with Gasteiger partial charge in [0.1, 0.15) is 0 Å². The van der Waals surface area contributed by atoms with E-state index < -0.39 is 0 Å². The van der Waals surface area contributed by atoms with E-state index in [4.69, 9.17) is 0 Å². The Morgan fingerprint density at radius 3 is 1.50 bits per heavy atom. The predicted octanol–water partition coefficient (Wildman–Crippen LogP) is 4.51. The highest BCUT2D eigenvalue weighted by molar-refractivity contribution is 8.23. The van der Waals surface area contributed by atoms with Gasteiger partial charge < -0.3 is 0 Å². The molecule has 0 aliphatic carbocycles. The standard InChI is InChI=1S/C8H12S4/c1-3-5-11-7(9)8(10)12-6-4-2/h3-6,9-10H,1-2H3/b5-3+,6-4+,8-7-. The van der Waals surface area contributed by atoms with E-state index in [9.17, 15) is 0 Å². The van der Waals surface area contributed by atoms with Gasteiger partial charge in [0.15, 0.2) is 0 Å². The summed E-state index contributed by atoms with van der Waals surface area (Å²) in [7, 11) is 0. The molecule has 4 heteroatoms. The molecule has 12 heavy (non-hydrogen) atoms. The van der Waals surface area contributed by atoms with Crippen LogP contribution in [0.3, 0.4) is 0 Å². The van der Waals surface area contributed by atoms with Gasteiger partial charge in [-0.3, -0.25) is 0 Å². The molecule has 0 saturated carbocycles. The lowest BCUT2D eigenvalue weighted by atomic mass is 10.8. The highest BCUT2D eigenvalue weighted by atomic mass is 32.2. The molecule has 0 heterocycles. The average molecular weight is 236 g/mol. The second-order valence-electron chi connectivity index (χ2n) is 1.78. The molecule has 0 N–H and O–H groups in total. The number of thiol groups is 2. The highest BCUT2D eigenvalue weighted by Gasteiger charge is 1.95. The minimum absolute atomic E-state index is 0.930. The van der Waals surface area contributed by atoms with Crippen molar-refractivity contribution in [2.24, 2.45) is 0 Å². The van der Waals surface area contributed by atoms with E-state index in [0.717, 1.165) is 8.47 Å². The fourth-order valence-corrected chi connectivity index (χ4v) is 2.07. The Morgan fingerprint density at radius 2 is 1.25 bits per heavy atom. The molecule has 0 aliphatic heterocycles. The molecule has 0 rings (SSSR count). The molecule has 0 nitrogen and oxygen atoms in total. The van der Waals surface area contributed by atoms with Crippen molar-refractivity contribution in [2.45, 2.75) is 13.8 Å². The van der Waals surface area contributed by atoms with Gasteiger partial charge in [0.2, 0.25) is 0 Å². The first-order valence-corrected chi connectivity index (χ1v) is 6.05. The van der Waals surface area contributed by atoms with E-state index in [-0.39, 0.29) is 0 Å². The van der Waals surface area contributed by atoms with E-state index >= 15 is 0 Å². The lowest BCUT2D eigenvalue weighted by molar-refractivity contribution is 1.79. The molecule has 0 aromatic rings. The third kappa shape index (κ3) is 6.17. The fourth-order valence-electron chi connectivity index (χ4n) is 0.366. The van der Waals surface area contributed by atoms with Crippen molar-refractivity contribution in [2.75, 3.05) is 0 Å². The molecule has 0 aromatic carbocycles. The Labute approximate surface area is 93.8 Å². The topological polar surface area (TPSA) is 0 Å². The molecule has 0 radical (unpaired) electrons. The van der Waals surface area contributed by atoms with Crippen LogP contribution in [-0.4, -0.2) is 0 Å². The van der Waals surface area contributed by atoms with Gasteiger partial charge in [-0.05, 0) is 24.7 Å². The van der Waals surface area contributed by atoms with Crippen molar-refractivity contribution in [1.82, 2.24) is 0 Å². The van der Waals surface area contributed by atoms with Crippen molar-refractivity contribution < 1.29 is 0 Å². The summed E-state index contributed by atoms with van der Waals surface area (Å²) in [5.74, 6) is 0. The van der Waals surface area contributed by atoms with Gasteiger partial charge in [-0.2, -0.15) is 0 Å². The van der Waals surface area contributed by atoms with Crippen LogP contribution in [0.5, 0.6) is 0 Å². The van der Waals surface area contributed by atoms with E-state index in [0.29, 0.717) is 0 Å². The summed E-state index contributed by atoms with van der Waals surface area (Å²) in [5.41, 5.74) is 0. The van der Waals surface area contributed by atoms with Crippen molar-refractivity contribution in [3.8, 4) is 0 Å². The van der Waals surface area contributed by atoms with Crippen molar-refractivity contribution in [1.29, 1.82) is 0 Å². The van der Waals surface area contributed by atoms with E-state index in [2.05, 4.69) is 25.3 Å². The summed E-state index contributed by atoms with van der Waals surface area (Å²) in [6, 6.07) is 0. The van der Waals surface area contributed by atoms with Gasteiger partial charge in [0.25, 0.3) is 0 Å². The summed E-state index contributed by atoms with van der Waals surface area (Å²) in [4.78, 5) is 0. The second-order valence-corrected chi connectivity index (χ2v) is 5.12. The quantitative estimate of drug-likeness (QED) is 0.690. The van der Waals surface area contributed by atoms with Crippen molar-refractivity contribution >= 4 is 48.8 Å². The molecule has 0 unspecified atom stereocenters. The zero-order valence-electron chi connectivity index (χ0n) is 7.02. The Hall–Kier alpha value is 0.620. The van der Waals surface area contributed by atoms with Gasteiger partial charge in [-0.25, -0.2) is 0 Å². The summed E-state index contributed by atoms with van der Waals surface area (Å²) < 4.78 is 1.86. The van der Waals surface area contributed by atoms with Crippen LogP contribution in [0.4, 0.5) is 0 Å². The number of hydrogen-bond acceptors (Lipinski definition) is 4. The lowest BCUT2D eigenvalue weighted by Crippen LogP contribution is -1.63. The molecule has 0 fully saturated rings. The second kappa shape index (κ2) is 8.23. The Balaban J connectivity index is 4.05. The van der Waals surface area contributed by atoms with Crippen LogP contribution in [0.15, 0.2) is 31.4 Å². The third-order valence-corrected chi connectivity index (χ3v) is 4.17. The van der Waals surface area contributed by atoms with E-state index in [1.807, 2.05) is 36.8 Å². The Morgan fingerprint density at radius 1 is 0.917 bits per heavy atom. The molecular weight excluding hydrogens is 224 g/mol. The van der Waals surface area contributed by atoms with E-state index in [1.165, 1.54) is 0 Å². The first-order chi connectivity index (χ1) is 5.72. The van der Waals surface area contributed by atoms with Gasteiger partial charge in [-0.15, -0.1) is 25.3 Å². The average Bonchev–Trinajstić information content (AvgIpc) is 2.10. The molecular formula is C8H12S4. The molecule has 0 amide bonds. The molecule has 0 saturated heterocycles. The SMILES string of the molecule is C/C=C/S/C(S)=C(/S)S/C=C/C. The van der Waals surface area contributed by atoms with Crippen LogP contribution >= 0.6 is 48.8 Å². The minimum atomic E-state index is 0.930. The fraction of sp³-hybridized carbons (Fsp3) is 0.250. The molecule has 0 aromatic heterocycles. The summed E-state index contributed by atoms with van der Waals surface area (Å²) >= 11 is 11.7. The predicted molar refractivity (Wildman–Crippen MR) is 69.8 cm³/mol. The maximum atomic E-state index is 4.29. The number of rotatable bonds is 4. The van der Waals surface area contributed by atoms with Crippen LogP contribution in [-0.2, 0) is 0 Å².